The number of aryl methyl sites for hydroxylation is 1. The number of rotatable bonds is 2. The molecule has 1 saturated heterocycles. The van der Waals surface area contributed by atoms with E-state index in [1.807, 2.05) is 37.3 Å². The minimum Gasteiger partial charge on any atom is -0.339 e. The smallest absolute Gasteiger partial charge is 0.274 e. The van der Waals surface area contributed by atoms with Gasteiger partial charge in [0.2, 0.25) is 5.91 Å². The second-order valence-electron chi connectivity index (χ2n) is 5.93. The van der Waals surface area contributed by atoms with E-state index in [0.717, 1.165) is 11.3 Å². The summed E-state index contributed by atoms with van der Waals surface area (Å²) in [6, 6.07) is 9.60. The number of benzene rings is 1. The predicted octanol–water partition coefficient (Wildman–Crippen LogP) is 1.83. The summed E-state index contributed by atoms with van der Waals surface area (Å²) in [5.74, 6) is -0.127. The Kier molecular flexibility index (Phi) is 4.55. The van der Waals surface area contributed by atoms with Crippen molar-refractivity contribution in [3.05, 3.63) is 59.7 Å². The second-order valence-corrected chi connectivity index (χ2v) is 5.93. The Hall–Kier alpha value is -2.76. The topological polar surface area (TPSA) is 66.4 Å². The Labute approximate surface area is 141 Å². The van der Waals surface area contributed by atoms with E-state index in [1.165, 1.54) is 6.20 Å². The summed E-state index contributed by atoms with van der Waals surface area (Å²) in [5, 5.41) is 0. The number of hydrogen-bond donors (Lipinski definition) is 0. The first-order valence-electron chi connectivity index (χ1n) is 7.96. The summed E-state index contributed by atoms with van der Waals surface area (Å²) in [5.41, 5.74) is 2.11. The normalized spacial score (nSPS) is 17.7. The predicted molar refractivity (Wildman–Crippen MR) is 89.2 cm³/mol. The molecule has 1 unspecified atom stereocenters. The molecule has 2 amide bonds. The number of nitrogens with zero attached hydrogens (tertiary/aromatic N) is 4. The van der Waals surface area contributed by atoms with Crippen LogP contribution in [-0.2, 0) is 4.79 Å². The van der Waals surface area contributed by atoms with Gasteiger partial charge in [0.05, 0.1) is 17.9 Å². The number of carbonyl (C=O) groups excluding carboxylic acids is 2. The van der Waals surface area contributed by atoms with Crippen LogP contribution < -0.4 is 0 Å². The highest BCUT2D eigenvalue weighted by Crippen LogP contribution is 2.26. The molecule has 0 N–H and O–H groups in total. The molecule has 0 bridgehead atoms. The summed E-state index contributed by atoms with van der Waals surface area (Å²) in [6.45, 7) is 4.90. The fraction of sp³-hybridized carbons (Fsp3) is 0.333. The van der Waals surface area contributed by atoms with Crippen molar-refractivity contribution in [1.82, 2.24) is 19.8 Å². The molecule has 124 valence electrons. The molecule has 1 aliphatic rings. The molecular formula is C18H20N4O2. The lowest BCUT2D eigenvalue weighted by molar-refractivity contribution is -0.131. The van der Waals surface area contributed by atoms with Gasteiger partial charge in [-0.3, -0.25) is 14.6 Å². The second kappa shape index (κ2) is 6.78. The van der Waals surface area contributed by atoms with Gasteiger partial charge in [-0.25, -0.2) is 4.98 Å². The summed E-state index contributed by atoms with van der Waals surface area (Å²) in [4.78, 5) is 36.6. The zero-order valence-electron chi connectivity index (χ0n) is 13.8. The largest absolute Gasteiger partial charge is 0.339 e. The van der Waals surface area contributed by atoms with Crippen LogP contribution in [0.2, 0.25) is 0 Å². The first-order chi connectivity index (χ1) is 11.6. The fourth-order valence-corrected chi connectivity index (χ4v) is 2.92. The highest BCUT2D eigenvalue weighted by atomic mass is 16.2. The first-order valence-corrected chi connectivity index (χ1v) is 7.96. The van der Waals surface area contributed by atoms with Gasteiger partial charge in [0, 0.05) is 32.8 Å². The van der Waals surface area contributed by atoms with Gasteiger partial charge in [-0.15, -0.1) is 0 Å². The molecule has 1 fully saturated rings. The Morgan fingerprint density at radius 1 is 1.08 bits per heavy atom. The van der Waals surface area contributed by atoms with Crippen molar-refractivity contribution in [2.75, 3.05) is 19.6 Å². The molecule has 2 aromatic rings. The van der Waals surface area contributed by atoms with Gasteiger partial charge in [-0.05, 0) is 12.5 Å². The van der Waals surface area contributed by atoms with Gasteiger partial charge >= 0.3 is 0 Å². The fourth-order valence-electron chi connectivity index (χ4n) is 2.92. The molecule has 1 aromatic carbocycles. The molecule has 6 heteroatoms. The number of piperazine rings is 1. The lowest BCUT2D eigenvalue weighted by Gasteiger charge is -2.41. The molecule has 0 saturated carbocycles. The van der Waals surface area contributed by atoms with Crippen LogP contribution in [0.4, 0.5) is 0 Å². The minimum atomic E-state index is -0.181. The third-order valence-corrected chi connectivity index (χ3v) is 4.27. The SMILES string of the molecule is CC(=O)N1CCN(C(=O)c2cnc(C)cn2)C(c2ccccc2)C1. The van der Waals surface area contributed by atoms with Crippen molar-refractivity contribution in [3.8, 4) is 0 Å². The molecule has 3 rings (SSSR count). The van der Waals surface area contributed by atoms with E-state index in [2.05, 4.69) is 9.97 Å². The average Bonchev–Trinajstić information content (AvgIpc) is 2.62. The van der Waals surface area contributed by atoms with E-state index in [-0.39, 0.29) is 17.9 Å². The third kappa shape index (κ3) is 3.27. The van der Waals surface area contributed by atoms with E-state index in [1.54, 1.807) is 22.9 Å². The van der Waals surface area contributed by atoms with Crippen LogP contribution in [0.5, 0.6) is 0 Å². The molecule has 6 nitrogen and oxygen atoms in total. The van der Waals surface area contributed by atoms with Crippen LogP contribution in [-0.4, -0.2) is 51.2 Å². The maximum Gasteiger partial charge on any atom is 0.274 e. The maximum absolute atomic E-state index is 12.9. The zero-order chi connectivity index (χ0) is 17.1. The number of carbonyl (C=O) groups is 2. The first kappa shape index (κ1) is 16.1. The molecule has 24 heavy (non-hydrogen) atoms. The van der Waals surface area contributed by atoms with E-state index >= 15 is 0 Å². The van der Waals surface area contributed by atoms with Crippen molar-refractivity contribution in [3.63, 3.8) is 0 Å². The summed E-state index contributed by atoms with van der Waals surface area (Å²) >= 11 is 0. The molecule has 1 atom stereocenters. The van der Waals surface area contributed by atoms with Crippen LogP contribution in [0.15, 0.2) is 42.7 Å². The zero-order valence-corrected chi connectivity index (χ0v) is 13.8. The Morgan fingerprint density at radius 2 is 1.83 bits per heavy atom. The maximum atomic E-state index is 12.9. The summed E-state index contributed by atoms with van der Waals surface area (Å²) in [6.07, 6.45) is 3.10. The van der Waals surface area contributed by atoms with Crippen LogP contribution in [0, 0.1) is 6.92 Å². The van der Waals surface area contributed by atoms with Crippen LogP contribution in [0.25, 0.3) is 0 Å². The Bertz CT molecular complexity index is 730. The number of aromatic nitrogens is 2. The third-order valence-electron chi connectivity index (χ3n) is 4.27. The minimum absolute atomic E-state index is 0.0261. The monoisotopic (exact) mass is 324 g/mol. The molecule has 1 aromatic heterocycles. The number of amides is 2. The van der Waals surface area contributed by atoms with Gasteiger partial charge in [0.25, 0.3) is 5.91 Å². The average molecular weight is 324 g/mol. The van der Waals surface area contributed by atoms with E-state index < -0.39 is 0 Å². The summed E-state index contributed by atoms with van der Waals surface area (Å²) < 4.78 is 0. The molecule has 0 spiro atoms. The highest BCUT2D eigenvalue weighted by Gasteiger charge is 2.33. The van der Waals surface area contributed by atoms with Crippen molar-refractivity contribution in [1.29, 1.82) is 0 Å². The van der Waals surface area contributed by atoms with Crippen LogP contribution >= 0.6 is 0 Å². The van der Waals surface area contributed by atoms with E-state index in [9.17, 15) is 9.59 Å². The van der Waals surface area contributed by atoms with Crippen LogP contribution in [0.1, 0.15) is 34.7 Å². The van der Waals surface area contributed by atoms with Gasteiger partial charge in [-0.1, -0.05) is 30.3 Å². The molecule has 2 heterocycles. The lowest BCUT2D eigenvalue weighted by atomic mass is 10.0. The highest BCUT2D eigenvalue weighted by molar-refractivity contribution is 5.92. The Morgan fingerprint density at radius 3 is 2.46 bits per heavy atom. The number of hydrogen-bond acceptors (Lipinski definition) is 4. The quantitative estimate of drug-likeness (QED) is 0.845. The van der Waals surface area contributed by atoms with Crippen LogP contribution in [0.3, 0.4) is 0 Å². The van der Waals surface area contributed by atoms with Crippen molar-refractivity contribution >= 4 is 11.8 Å². The van der Waals surface area contributed by atoms with Crippen molar-refractivity contribution in [2.24, 2.45) is 0 Å². The Balaban J connectivity index is 1.90. The van der Waals surface area contributed by atoms with Crippen molar-refractivity contribution in [2.45, 2.75) is 19.9 Å². The van der Waals surface area contributed by atoms with Gasteiger partial charge < -0.3 is 9.80 Å². The van der Waals surface area contributed by atoms with Gasteiger partial charge in [0.1, 0.15) is 5.69 Å². The van der Waals surface area contributed by atoms with Gasteiger partial charge in [-0.2, -0.15) is 0 Å². The lowest BCUT2D eigenvalue weighted by Crippen LogP contribution is -2.52. The molecular weight excluding hydrogens is 304 g/mol. The van der Waals surface area contributed by atoms with E-state index in [4.69, 9.17) is 0 Å². The van der Waals surface area contributed by atoms with E-state index in [0.29, 0.717) is 25.3 Å². The van der Waals surface area contributed by atoms with Gasteiger partial charge in [0.15, 0.2) is 0 Å². The van der Waals surface area contributed by atoms with Crippen molar-refractivity contribution < 1.29 is 9.59 Å². The molecule has 0 aliphatic carbocycles. The molecule has 1 aliphatic heterocycles. The molecule has 0 radical (unpaired) electrons. The standard InChI is InChI=1S/C18H20N4O2/c1-13-10-20-16(11-19-13)18(24)22-9-8-21(14(2)23)12-17(22)15-6-4-3-5-7-15/h3-7,10-11,17H,8-9,12H2,1-2H3. The summed E-state index contributed by atoms with van der Waals surface area (Å²) in [7, 11) is 0.